The van der Waals surface area contributed by atoms with Crippen molar-refractivity contribution in [2.75, 3.05) is 6.54 Å². The molecule has 5 aliphatic rings. The molecule has 3 N–H and O–H groups in total. The molecule has 5 nitrogen and oxygen atoms in total. The van der Waals surface area contributed by atoms with Gasteiger partial charge in [-0.05, 0) is 74.5 Å². The molecule has 1 heterocycles. The van der Waals surface area contributed by atoms with Crippen LogP contribution >= 0.6 is 0 Å². The Bertz CT molecular complexity index is 811. The topological polar surface area (TPSA) is 75.4 Å². The lowest BCUT2D eigenvalue weighted by atomic mass is 9.47. The summed E-state index contributed by atoms with van der Waals surface area (Å²) >= 11 is 0. The van der Waals surface area contributed by atoms with Crippen LogP contribution in [0, 0.1) is 29.0 Å². The zero-order chi connectivity index (χ0) is 19.0. The van der Waals surface area contributed by atoms with Gasteiger partial charge in [0.15, 0.2) is 0 Å². The molecule has 1 aliphatic heterocycles. The lowest BCUT2D eigenvalue weighted by Gasteiger charge is -2.60. The van der Waals surface area contributed by atoms with Gasteiger partial charge in [-0.25, -0.2) is 9.18 Å². The Balaban J connectivity index is 1.43. The first kappa shape index (κ1) is 17.0. The van der Waals surface area contributed by atoms with Gasteiger partial charge in [0.2, 0.25) is 5.91 Å². The summed E-state index contributed by atoms with van der Waals surface area (Å²) in [7, 11) is 0. The normalized spacial score (nSPS) is 42.4. The molecule has 3 amide bonds. The molecule has 0 aromatic heterocycles. The molecule has 4 bridgehead atoms. The van der Waals surface area contributed by atoms with Gasteiger partial charge in [-0.1, -0.05) is 12.1 Å². The van der Waals surface area contributed by atoms with Crippen molar-refractivity contribution >= 4 is 11.9 Å². The fraction of sp³-hybridized carbons (Fsp3) is 0.619. The van der Waals surface area contributed by atoms with Crippen LogP contribution in [-0.2, 0) is 10.3 Å². The molecule has 144 valence electrons. The van der Waals surface area contributed by atoms with Gasteiger partial charge in [0.1, 0.15) is 5.82 Å². The molecule has 27 heavy (non-hydrogen) atoms. The van der Waals surface area contributed by atoms with Crippen LogP contribution in [0.1, 0.15) is 44.6 Å². The van der Waals surface area contributed by atoms with E-state index in [0.29, 0.717) is 24.3 Å². The third-order valence-electron chi connectivity index (χ3n) is 7.70. The van der Waals surface area contributed by atoms with Gasteiger partial charge in [-0.3, -0.25) is 4.79 Å². The first-order valence-corrected chi connectivity index (χ1v) is 9.94. The average Bonchev–Trinajstić information content (AvgIpc) is 2.90. The second-order valence-electron chi connectivity index (χ2n) is 9.51. The predicted molar refractivity (Wildman–Crippen MR) is 98.0 cm³/mol. The molecule has 6 rings (SSSR count). The van der Waals surface area contributed by atoms with Gasteiger partial charge in [0.05, 0.1) is 5.54 Å². The van der Waals surface area contributed by atoms with E-state index < -0.39 is 5.54 Å². The molecule has 1 aromatic rings. The molecule has 4 aliphatic carbocycles. The minimum absolute atomic E-state index is 0.0765. The van der Waals surface area contributed by atoms with E-state index >= 15 is 0 Å². The third kappa shape index (κ3) is 2.41. The number of nitrogens with two attached hydrogens (primary N) is 1. The number of amides is 3. The number of halogens is 1. The molecule has 2 unspecified atom stereocenters. The van der Waals surface area contributed by atoms with Crippen molar-refractivity contribution in [3.05, 3.63) is 35.6 Å². The van der Waals surface area contributed by atoms with Gasteiger partial charge in [0, 0.05) is 18.0 Å². The molecule has 0 spiro atoms. The molecule has 6 heteroatoms. The van der Waals surface area contributed by atoms with Crippen LogP contribution < -0.4 is 11.1 Å². The van der Waals surface area contributed by atoms with Crippen molar-refractivity contribution in [2.45, 2.75) is 50.6 Å². The molecule has 1 saturated heterocycles. The lowest BCUT2D eigenvalue weighted by molar-refractivity contribution is -0.150. The molecular weight excluding hydrogens is 345 g/mol. The van der Waals surface area contributed by atoms with Crippen LogP contribution in [0.5, 0.6) is 0 Å². The van der Waals surface area contributed by atoms with Crippen LogP contribution in [0.2, 0.25) is 0 Å². The molecular formula is C21H26FN3O2. The van der Waals surface area contributed by atoms with Crippen LogP contribution in [0.15, 0.2) is 24.3 Å². The summed E-state index contributed by atoms with van der Waals surface area (Å²) in [5.41, 5.74) is 5.62. The van der Waals surface area contributed by atoms with Crippen LogP contribution in [0.4, 0.5) is 9.18 Å². The van der Waals surface area contributed by atoms with Gasteiger partial charge in [-0.2, -0.15) is 0 Å². The van der Waals surface area contributed by atoms with Crippen LogP contribution in [0.3, 0.4) is 0 Å². The Morgan fingerprint density at radius 3 is 2.59 bits per heavy atom. The van der Waals surface area contributed by atoms with Crippen molar-refractivity contribution in [3.63, 3.8) is 0 Å². The lowest BCUT2D eigenvalue weighted by Crippen LogP contribution is -2.62. The number of hydrogen-bond donors (Lipinski definition) is 2. The fourth-order valence-corrected chi connectivity index (χ4v) is 6.80. The van der Waals surface area contributed by atoms with Gasteiger partial charge in [0.25, 0.3) is 0 Å². The first-order valence-electron chi connectivity index (χ1n) is 9.94. The highest BCUT2D eigenvalue weighted by Gasteiger charge is 2.60. The smallest absolute Gasteiger partial charge is 0.318 e. The molecule has 3 atom stereocenters. The van der Waals surface area contributed by atoms with E-state index in [4.69, 9.17) is 5.73 Å². The van der Waals surface area contributed by atoms with Crippen molar-refractivity contribution in [2.24, 2.45) is 28.9 Å². The summed E-state index contributed by atoms with van der Waals surface area (Å²) in [6.45, 7) is 2.49. The van der Waals surface area contributed by atoms with E-state index in [1.807, 2.05) is 17.9 Å². The summed E-state index contributed by atoms with van der Waals surface area (Å²) in [6, 6.07) is 6.55. The number of carbonyl (C=O) groups excluding carboxylic acids is 2. The Morgan fingerprint density at radius 2 is 1.96 bits per heavy atom. The number of nitrogens with one attached hydrogen (secondary N) is 1. The first-order chi connectivity index (χ1) is 12.8. The fourth-order valence-electron chi connectivity index (χ4n) is 6.80. The Morgan fingerprint density at radius 1 is 1.26 bits per heavy atom. The number of rotatable bonds is 3. The summed E-state index contributed by atoms with van der Waals surface area (Å²) in [6.07, 6.45) is 4.70. The largest absolute Gasteiger partial charge is 0.369 e. The summed E-state index contributed by atoms with van der Waals surface area (Å²) < 4.78 is 13.7. The summed E-state index contributed by atoms with van der Waals surface area (Å²) in [5.74, 6) is 0.788. The summed E-state index contributed by atoms with van der Waals surface area (Å²) in [5, 5.41) is 3.09. The van der Waals surface area contributed by atoms with Crippen molar-refractivity contribution in [3.8, 4) is 0 Å². The average molecular weight is 371 g/mol. The van der Waals surface area contributed by atoms with Crippen molar-refractivity contribution < 1.29 is 14.0 Å². The van der Waals surface area contributed by atoms with Crippen LogP contribution in [0.25, 0.3) is 0 Å². The minimum atomic E-state index is -0.602. The maximum atomic E-state index is 13.7. The second kappa shape index (κ2) is 5.46. The molecule has 0 radical (unpaired) electrons. The van der Waals surface area contributed by atoms with E-state index in [1.165, 1.54) is 12.1 Å². The van der Waals surface area contributed by atoms with Crippen molar-refractivity contribution in [1.82, 2.24) is 10.2 Å². The summed E-state index contributed by atoms with van der Waals surface area (Å²) in [4.78, 5) is 27.0. The van der Waals surface area contributed by atoms with Crippen molar-refractivity contribution in [1.29, 1.82) is 0 Å². The SMILES string of the molecule is C[C@@]1(c2cccc(F)c2)CN(C2C3CC4CC2CC(C(N)=O)(C4)C3)C(=O)N1. The Hall–Kier alpha value is -2.11. The zero-order valence-electron chi connectivity index (χ0n) is 15.6. The van der Waals surface area contributed by atoms with Gasteiger partial charge < -0.3 is 16.0 Å². The van der Waals surface area contributed by atoms with E-state index in [0.717, 1.165) is 37.7 Å². The number of nitrogens with zero attached hydrogens (tertiary/aromatic N) is 1. The predicted octanol–water partition coefficient (Wildman–Crippen LogP) is 2.75. The number of benzene rings is 1. The maximum Gasteiger partial charge on any atom is 0.318 e. The molecule has 5 fully saturated rings. The van der Waals surface area contributed by atoms with Gasteiger partial charge in [-0.15, -0.1) is 0 Å². The van der Waals surface area contributed by atoms with E-state index in [-0.39, 0.29) is 29.2 Å². The minimum Gasteiger partial charge on any atom is -0.369 e. The number of carbonyl (C=O) groups is 2. The molecule has 1 aromatic carbocycles. The number of urea groups is 1. The quantitative estimate of drug-likeness (QED) is 0.857. The standard InChI is InChI=1S/C21H26FN3O2/c1-20(15-3-2-4-16(22)7-15)11-25(19(27)24-20)17-13-5-12-6-14(17)10-21(8-12,9-13)18(23)26/h2-4,7,12-14,17H,5-6,8-11H2,1H3,(H2,23,26)(H,24,27)/t12?,13?,14?,17?,20-,21?/m0/s1. The Labute approximate surface area is 158 Å². The van der Waals surface area contributed by atoms with E-state index in [1.54, 1.807) is 6.07 Å². The zero-order valence-corrected chi connectivity index (χ0v) is 15.6. The highest BCUT2D eigenvalue weighted by Crippen LogP contribution is 2.61. The number of hydrogen-bond acceptors (Lipinski definition) is 2. The van der Waals surface area contributed by atoms with Gasteiger partial charge >= 0.3 is 6.03 Å². The molecule has 4 saturated carbocycles. The maximum absolute atomic E-state index is 13.7. The number of primary amides is 1. The van der Waals surface area contributed by atoms with E-state index in [9.17, 15) is 14.0 Å². The highest BCUT2D eigenvalue weighted by molar-refractivity contribution is 5.82. The Kier molecular flexibility index (Phi) is 3.44. The van der Waals surface area contributed by atoms with E-state index in [2.05, 4.69) is 5.32 Å². The highest BCUT2D eigenvalue weighted by atomic mass is 19.1. The third-order valence-corrected chi connectivity index (χ3v) is 7.70. The monoisotopic (exact) mass is 371 g/mol. The second-order valence-corrected chi connectivity index (χ2v) is 9.51. The van der Waals surface area contributed by atoms with Crippen LogP contribution in [-0.4, -0.2) is 29.4 Å².